The summed E-state index contributed by atoms with van der Waals surface area (Å²) < 4.78 is 0. The first kappa shape index (κ1) is 41.3. The Kier molecular flexibility index (Phi) is 13.0. The van der Waals surface area contributed by atoms with Crippen LogP contribution in [-0.4, -0.2) is 48.7 Å². The van der Waals surface area contributed by atoms with E-state index in [0.717, 1.165) is 84.9 Å². The van der Waals surface area contributed by atoms with E-state index in [0.29, 0.717) is 33.3 Å². The average Bonchev–Trinajstić information content (AvgIpc) is 3.26. The maximum Gasteiger partial charge on any atom is 0.259 e. The number of halogens is 4. The van der Waals surface area contributed by atoms with Crippen molar-refractivity contribution in [1.82, 2.24) is 29.7 Å². The number of anilines is 2. The molecule has 9 nitrogen and oxygen atoms in total. The maximum absolute atomic E-state index is 13.0. The molecule has 2 aliphatic heterocycles. The molecule has 13 heteroatoms. The molecule has 5 aromatic carbocycles. The van der Waals surface area contributed by atoms with Gasteiger partial charge in [-0.1, -0.05) is 150 Å². The van der Waals surface area contributed by atoms with Crippen LogP contribution in [0.2, 0.25) is 20.1 Å². The predicted molar refractivity (Wildman–Crippen MR) is 242 cm³/mol. The number of nitrogens with one attached hydrogen (secondary N) is 1. The summed E-state index contributed by atoms with van der Waals surface area (Å²) in [7, 11) is 0. The summed E-state index contributed by atoms with van der Waals surface area (Å²) in [4.78, 5) is 36.2. The van der Waals surface area contributed by atoms with Crippen molar-refractivity contribution in [3.63, 3.8) is 0 Å². The monoisotopic (exact) mass is 872 g/mol. The van der Waals surface area contributed by atoms with Gasteiger partial charge in [-0.05, 0) is 35.4 Å². The highest BCUT2D eigenvalue weighted by Gasteiger charge is 2.26. The molecule has 3 N–H and O–H groups in total. The Balaban J connectivity index is 0.000000176. The molecule has 9 rings (SSSR count). The van der Waals surface area contributed by atoms with E-state index in [1.165, 1.54) is 11.1 Å². The lowest BCUT2D eigenvalue weighted by molar-refractivity contribution is 0.102. The number of aromatic nitrogens is 4. The van der Waals surface area contributed by atoms with Gasteiger partial charge in [0.25, 0.3) is 5.91 Å². The number of hydrogen-bond donors (Lipinski definition) is 2. The SMILES string of the molecule is Nc1nc2c(c(-c3ccccc3Cl)n1)CN(Cc1ccccc1)CC2.O=C(Nc1nc2c(c(-c3ccccc3Cl)n1)CN(Cc1ccccc1)CC2)c1cccc(Cl)c1Cl. The molecule has 0 unspecified atom stereocenters. The van der Waals surface area contributed by atoms with Gasteiger partial charge < -0.3 is 5.73 Å². The molecule has 60 heavy (non-hydrogen) atoms. The van der Waals surface area contributed by atoms with Crippen molar-refractivity contribution in [2.45, 2.75) is 39.0 Å². The van der Waals surface area contributed by atoms with Gasteiger partial charge in [0, 0.05) is 84.4 Å². The summed E-state index contributed by atoms with van der Waals surface area (Å²) in [6.07, 6.45) is 1.59. The molecule has 0 saturated carbocycles. The molecule has 0 fully saturated rings. The lowest BCUT2D eigenvalue weighted by Crippen LogP contribution is -2.32. The van der Waals surface area contributed by atoms with Crippen LogP contribution in [-0.2, 0) is 39.0 Å². The summed E-state index contributed by atoms with van der Waals surface area (Å²) in [5.41, 5.74) is 16.1. The molecular formula is C47H40Cl4N8O. The Morgan fingerprint density at radius 1 is 0.567 bits per heavy atom. The lowest BCUT2D eigenvalue weighted by Gasteiger charge is -2.30. The van der Waals surface area contributed by atoms with Crippen LogP contribution in [0.5, 0.6) is 0 Å². The Morgan fingerprint density at radius 2 is 1.05 bits per heavy atom. The lowest BCUT2D eigenvalue weighted by atomic mass is 9.98. The molecular weight excluding hydrogens is 834 g/mol. The minimum Gasteiger partial charge on any atom is -0.368 e. The number of hydrogen-bond acceptors (Lipinski definition) is 8. The average molecular weight is 875 g/mol. The van der Waals surface area contributed by atoms with E-state index in [-0.39, 0.29) is 16.5 Å². The summed E-state index contributed by atoms with van der Waals surface area (Å²) >= 11 is 25.3. The zero-order chi connectivity index (χ0) is 41.6. The predicted octanol–water partition coefficient (Wildman–Crippen LogP) is 10.9. The van der Waals surface area contributed by atoms with Crippen molar-refractivity contribution < 1.29 is 4.79 Å². The zero-order valence-electron chi connectivity index (χ0n) is 32.5. The fourth-order valence-electron chi connectivity index (χ4n) is 7.57. The van der Waals surface area contributed by atoms with E-state index in [2.05, 4.69) is 61.5 Å². The van der Waals surface area contributed by atoms with Gasteiger partial charge in [-0.2, -0.15) is 0 Å². The summed E-state index contributed by atoms with van der Waals surface area (Å²) in [6, 6.07) is 41.1. The Bertz CT molecular complexity index is 2650. The number of nitrogen functional groups attached to an aromatic ring is 1. The molecule has 0 saturated heterocycles. The van der Waals surface area contributed by atoms with E-state index >= 15 is 0 Å². The van der Waals surface area contributed by atoms with Crippen molar-refractivity contribution in [3.05, 3.63) is 187 Å². The largest absolute Gasteiger partial charge is 0.368 e. The van der Waals surface area contributed by atoms with Crippen LogP contribution < -0.4 is 11.1 Å². The van der Waals surface area contributed by atoms with Crippen LogP contribution in [0.25, 0.3) is 22.5 Å². The Labute approximate surface area is 369 Å². The van der Waals surface area contributed by atoms with Crippen LogP contribution in [0.4, 0.5) is 11.9 Å². The second-order valence-corrected chi connectivity index (χ2v) is 16.2. The first-order chi connectivity index (χ1) is 29.2. The molecule has 2 aliphatic rings. The minimum atomic E-state index is -0.427. The number of benzene rings is 5. The minimum absolute atomic E-state index is 0.188. The van der Waals surface area contributed by atoms with Gasteiger partial charge in [0.15, 0.2) is 0 Å². The number of carbonyl (C=O) groups excluding carboxylic acids is 1. The van der Waals surface area contributed by atoms with Gasteiger partial charge >= 0.3 is 0 Å². The molecule has 1 amide bonds. The highest BCUT2D eigenvalue weighted by molar-refractivity contribution is 6.44. The first-order valence-corrected chi connectivity index (χ1v) is 21.0. The molecule has 0 aliphatic carbocycles. The van der Waals surface area contributed by atoms with Crippen molar-refractivity contribution >= 4 is 64.2 Å². The smallest absolute Gasteiger partial charge is 0.259 e. The van der Waals surface area contributed by atoms with Crippen molar-refractivity contribution in [3.8, 4) is 22.5 Å². The zero-order valence-corrected chi connectivity index (χ0v) is 35.5. The molecule has 4 heterocycles. The van der Waals surface area contributed by atoms with Crippen LogP contribution in [0.3, 0.4) is 0 Å². The van der Waals surface area contributed by atoms with E-state index in [4.69, 9.17) is 62.1 Å². The van der Waals surface area contributed by atoms with Crippen LogP contribution in [0.1, 0.15) is 44.0 Å². The summed E-state index contributed by atoms with van der Waals surface area (Å²) in [6.45, 7) is 5.01. The number of fused-ring (bicyclic) bond motifs is 2. The van der Waals surface area contributed by atoms with E-state index in [1.807, 2.05) is 72.8 Å². The van der Waals surface area contributed by atoms with Gasteiger partial charge in [-0.3, -0.25) is 19.9 Å². The Morgan fingerprint density at radius 3 is 1.60 bits per heavy atom. The van der Waals surface area contributed by atoms with E-state index in [9.17, 15) is 4.79 Å². The molecule has 0 radical (unpaired) electrons. The van der Waals surface area contributed by atoms with Crippen LogP contribution in [0, 0.1) is 0 Å². The van der Waals surface area contributed by atoms with Crippen molar-refractivity contribution in [2.24, 2.45) is 0 Å². The van der Waals surface area contributed by atoms with Gasteiger partial charge in [0.05, 0.1) is 38.4 Å². The van der Waals surface area contributed by atoms with Crippen molar-refractivity contribution in [1.29, 1.82) is 0 Å². The number of nitrogens with zero attached hydrogens (tertiary/aromatic N) is 6. The topological polar surface area (TPSA) is 113 Å². The normalized spacial score (nSPS) is 13.7. The molecule has 302 valence electrons. The van der Waals surface area contributed by atoms with E-state index < -0.39 is 5.91 Å². The molecule has 7 aromatic rings. The third-order valence-corrected chi connectivity index (χ3v) is 12.0. The highest BCUT2D eigenvalue weighted by Crippen LogP contribution is 2.36. The van der Waals surface area contributed by atoms with Crippen LogP contribution >= 0.6 is 46.4 Å². The number of amides is 1. The third kappa shape index (κ3) is 9.63. The second kappa shape index (κ2) is 18.9. The fourth-order valence-corrected chi connectivity index (χ4v) is 8.41. The third-order valence-electron chi connectivity index (χ3n) is 10.5. The van der Waals surface area contributed by atoms with Crippen LogP contribution in [0.15, 0.2) is 127 Å². The maximum atomic E-state index is 13.0. The van der Waals surface area contributed by atoms with Gasteiger partial charge in [0.2, 0.25) is 11.9 Å². The van der Waals surface area contributed by atoms with Gasteiger partial charge in [0.1, 0.15) is 0 Å². The molecule has 0 atom stereocenters. The summed E-state index contributed by atoms with van der Waals surface area (Å²) in [5.74, 6) is 0.0884. The molecule has 0 spiro atoms. The van der Waals surface area contributed by atoms with Gasteiger partial charge in [-0.15, -0.1) is 0 Å². The highest BCUT2D eigenvalue weighted by atomic mass is 35.5. The fraction of sp³-hybridized carbons (Fsp3) is 0.170. The number of carbonyl (C=O) groups is 1. The quantitative estimate of drug-likeness (QED) is 0.155. The number of rotatable bonds is 8. The second-order valence-electron chi connectivity index (χ2n) is 14.6. The Hall–Kier alpha value is -5.39. The molecule has 0 bridgehead atoms. The van der Waals surface area contributed by atoms with Crippen molar-refractivity contribution in [2.75, 3.05) is 24.1 Å². The standard InChI is InChI=1S/C27H21Cl3N4O.C20H19ClN4/c28-21-11-5-4-9-18(21)25-20-16-34(15-17-7-2-1-3-8-17)14-13-23(20)31-27(32-25)33-26(35)19-10-6-12-22(29)24(19)30;21-17-9-5-4-8-15(17)19-16-13-25(12-14-6-2-1-3-7-14)11-10-18(16)23-20(22)24-19/h1-12H,13-16H2,(H,31,32,33,35);1-9H,10-13H2,(H2,22,23,24). The molecule has 2 aromatic heterocycles. The van der Waals surface area contributed by atoms with E-state index in [1.54, 1.807) is 18.2 Å². The number of nitrogens with two attached hydrogens (primary N) is 1. The first-order valence-electron chi connectivity index (χ1n) is 19.5. The summed E-state index contributed by atoms with van der Waals surface area (Å²) in [5, 5.41) is 4.56. The van der Waals surface area contributed by atoms with Gasteiger partial charge in [-0.25, -0.2) is 19.9 Å².